The summed E-state index contributed by atoms with van der Waals surface area (Å²) in [6, 6.07) is 7.05. The zero-order valence-corrected chi connectivity index (χ0v) is 12.6. The summed E-state index contributed by atoms with van der Waals surface area (Å²) >= 11 is 0. The molecule has 0 bridgehead atoms. The molecular formula is C17H27N3. The van der Waals surface area contributed by atoms with Gasteiger partial charge in [-0.3, -0.25) is 4.90 Å². The van der Waals surface area contributed by atoms with Crippen molar-refractivity contribution in [3.05, 3.63) is 29.3 Å². The van der Waals surface area contributed by atoms with E-state index in [0.717, 1.165) is 13.1 Å². The molecule has 2 heterocycles. The van der Waals surface area contributed by atoms with Crippen LogP contribution in [-0.2, 0) is 13.0 Å². The first-order chi connectivity index (χ1) is 9.76. The van der Waals surface area contributed by atoms with Gasteiger partial charge in [-0.15, -0.1) is 0 Å². The number of likely N-dealkylation sites (tertiary alicyclic amines) is 1. The fourth-order valence-corrected chi connectivity index (χ4v) is 3.68. The first-order valence-corrected chi connectivity index (χ1v) is 8.01. The fourth-order valence-electron chi connectivity index (χ4n) is 3.68. The Bertz CT molecular complexity index is 458. The monoisotopic (exact) mass is 273 g/mol. The van der Waals surface area contributed by atoms with Crippen molar-refractivity contribution < 1.29 is 0 Å². The molecule has 1 atom stereocenters. The van der Waals surface area contributed by atoms with E-state index >= 15 is 0 Å². The van der Waals surface area contributed by atoms with Gasteiger partial charge >= 0.3 is 0 Å². The number of aryl methyl sites for hydroxylation is 1. The molecule has 0 spiro atoms. The van der Waals surface area contributed by atoms with E-state index in [2.05, 4.69) is 35.0 Å². The molecule has 1 fully saturated rings. The topological polar surface area (TPSA) is 32.5 Å². The quantitative estimate of drug-likeness (QED) is 0.917. The van der Waals surface area contributed by atoms with Gasteiger partial charge in [0, 0.05) is 32.4 Å². The molecule has 1 aromatic rings. The minimum absolute atomic E-state index is 0.701. The van der Waals surface area contributed by atoms with E-state index < -0.39 is 0 Å². The van der Waals surface area contributed by atoms with Crippen LogP contribution in [0.5, 0.6) is 0 Å². The predicted octanol–water partition coefficient (Wildman–Crippen LogP) is 2.24. The first kappa shape index (κ1) is 13.9. The lowest BCUT2D eigenvalue weighted by Crippen LogP contribution is -2.37. The molecule has 0 aromatic heterocycles. The number of anilines is 1. The molecule has 1 unspecified atom stereocenters. The third-order valence-electron chi connectivity index (χ3n) is 4.84. The van der Waals surface area contributed by atoms with Gasteiger partial charge in [-0.2, -0.15) is 0 Å². The Labute approximate surface area is 122 Å². The second kappa shape index (κ2) is 6.15. The second-order valence-electron chi connectivity index (χ2n) is 6.47. The maximum absolute atomic E-state index is 5.83. The Morgan fingerprint density at radius 3 is 3.00 bits per heavy atom. The van der Waals surface area contributed by atoms with Crippen LogP contribution in [0.25, 0.3) is 0 Å². The summed E-state index contributed by atoms with van der Waals surface area (Å²) in [6.45, 7) is 5.52. The summed E-state index contributed by atoms with van der Waals surface area (Å²) in [5.74, 6) is 0.701. The SMILES string of the molecule is CN1CCCc2cc(CN3CCCC(CN)C3)ccc21. The molecule has 3 nitrogen and oxygen atoms in total. The second-order valence-corrected chi connectivity index (χ2v) is 6.47. The van der Waals surface area contributed by atoms with Crippen LogP contribution in [-0.4, -0.2) is 38.1 Å². The molecule has 3 rings (SSSR count). The van der Waals surface area contributed by atoms with Crippen molar-refractivity contribution in [2.75, 3.05) is 38.1 Å². The summed E-state index contributed by atoms with van der Waals surface area (Å²) in [4.78, 5) is 4.96. The number of benzene rings is 1. The Morgan fingerprint density at radius 2 is 2.15 bits per heavy atom. The van der Waals surface area contributed by atoms with Crippen LogP contribution in [0.1, 0.15) is 30.4 Å². The predicted molar refractivity (Wildman–Crippen MR) is 85.1 cm³/mol. The highest BCUT2D eigenvalue weighted by molar-refractivity contribution is 5.56. The van der Waals surface area contributed by atoms with Crippen LogP contribution in [0.15, 0.2) is 18.2 Å². The lowest BCUT2D eigenvalue weighted by atomic mass is 9.96. The van der Waals surface area contributed by atoms with Gasteiger partial charge in [0.1, 0.15) is 0 Å². The molecule has 20 heavy (non-hydrogen) atoms. The number of nitrogens with zero attached hydrogens (tertiary/aromatic N) is 2. The minimum atomic E-state index is 0.701. The lowest BCUT2D eigenvalue weighted by molar-refractivity contribution is 0.171. The van der Waals surface area contributed by atoms with Gasteiger partial charge in [-0.25, -0.2) is 0 Å². The smallest absolute Gasteiger partial charge is 0.0396 e. The molecule has 1 saturated heterocycles. The van der Waals surface area contributed by atoms with Crippen LogP contribution in [0.3, 0.4) is 0 Å². The third kappa shape index (κ3) is 2.99. The minimum Gasteiger partial charge on any atom is -0.374 e. The van der Waals surface area contributed by atoms with E-state index in [1.54, 1.807) is 0 Å². The number of nitrogens with two attached hydrogens (primary N) is 1. The van der Waals surface area contributed by atoms with Gasteiger partial charge < -0.3 is 10.6 Å². The summed E-state index contributed by atoms with van der Waals surface area (Å²) in [5.41, 5.74) is 10.3. The van der Waals surface area contributed by atoms with Crippen molar-refractivity contribution >= 4 is 5.69 Å². The van der Waals surface area contributed by atoms with Crippen molar-refractivity contribution in [1.29, 1.82) is 0 Å². The van der Waals surface area contributed by atoms with E-state index in [-0.39, 0.29) is 0 Å². The Kier molecular flexibility index (Phi) is 4.27. The largest absolute Gasteiger partial charge is 0.374 e. The molecule has 110 valence electrons. The standard InChI is InChI=1S/C17H27N3/c1-19-8-3-5-16-10-14(6-7-17(16)19)12-20-9-2-4-15(11-18)13-20/h6-7,10,15H,2-5,8-9,11-13,18H2,1H3. The van der Waals surface area contributed by atoms with Gasteiger partial charge in [-0.1, -0.05) is 12.1 Å². The molecule has 3 heteroatoms. The zero-order chi connectivity index (χ0) is 13.9. The van der Waals surface area contributed by atoms with Crippen LogP contribution in [0.2, 0.25) is 0 Å². The Balaban J connectivity index is 1.68. The fraction of sp³-hybridized carbons (Fsp3) is 0.647. The average molecular weight is 273 g/mol. The lowest BCUT2D eigenvalue weighted by Gasteiger charge is -2.33. The summed E-state index contributed by atoms with van der Waals surface area (Å²) < 4.78 is 0. The van der Waals surface area contributed by atoms with Crippen molar-refractivity contribution in [3.63, 3.8) is 0 Å². The zero-order valence-electron chi connectivity index (χ0n) is 12.6. The van der Waals surface area contributed by atoms with Gasteiger partial charge in [-0.05, 0) is 61.9 Å². The third-order valence-corrected chi connectivity index (χ3v) is 4.84. The van der Waals surface area contributed by atoms with Crippen molar-refractivity contribution in [2.45, 2.75) is 32.2 Å². The number of hydrogen-bond acceptors (Lipinski definition) is 3. The number of hydrogen-bond donors (Lipinski definition) is 1. The van der Waals surface area contributed by atoms with Gasteiger partial charge in [0.25, 0.3) is 0 Å². The number of piperidine rings is 1. The van der Waals surface area contributed by atoms with Crippen LogP contribution >= 0.6 is 0 Å². The van der Waals surface area contributed by atoms with Crippen LogP contribution < -0.4 is 10.6 Å². The first-order valence-electron chi connectivity index (χ1n) is 8.01. The van der Waals surface area contributed by atoms with Crippen LogP contribution in [0, 0.1) is 5.92 Å². The molecule has 0 amide bonds. The molecule has 0 aliphatic carbocycles. The normalized spacial score (nSPS) is 23.7. The highest BCUT2D eigenvalue weighted by atomic mass is 15.1. The maximum atomic E-state index is 5.83. The van der Waals surface area contributed by atoms with Crippen molar-refractivity contribution in [3.8, 4) is 0 Å². The van der Waals surface area contributed by atoms with Crippen molar-refractivity contribution in [1.82, 2.24) is 4.90 Å². The summed E-state index contributed by atoms with van der Waals surface area (Å²) in [7, 11) is 2.20. The van der Waals surface area contributed by atoms with E-state index in [0.29, 0.717) is 5.92 Å². The molecule has 0 radical (unpaired) electrons. The Hall–Kier alpha value is -1.06. The van der Waals surface area contributed by atoms with Gasteiger partial charge in [0.2, 0.25) is 0 Å². The van der Waals surface area contributed by atoms with E-state index in [4.69, 9.17) is 5.73 Å². The highest BCUT2D eigenvalue weighted by Gasteiger charge is 2.19. The summed E-state index contributed by atoms with van der Waals surface area (Å²) in [5, 5.41) is 0. The molecule has 2 aliphatic rings. The number of rotatable bonds is 3. The molecular weight excluding hydrogens is 246 g/mol. The van der Waals surface area contributed by atoms with Gasteiger partial charge in [0.05, 0.1) is 0 Å². The molecule has 2 aliphatic heterocycles. The number of fused-ring (bicyclic) bond motifs is 1. The van der Waals surface area contributed by atoms with E-state index in [1.807, 2.05) is 0 Å². The molecule has 0 saturated carbocycles. The van der Waals surface area contributed by atoms with Crippen molar-refractivity contribution in [2.24, 2.45) is 11.7 Å². The summed E-state index contributed by atoms with van der Waals surface area (Å²) in [6.07, 6.45) is 5.13. The van der Waals surface area contributed by atoms with E-state index in [9.17, 15) is 0 Å². The molecule has 1 aromatic carbocycles. The average Bonchev–Trinajstić information content (AvgIpc) is 2.47. The van der Waals surface area contributed by atoms with Gasteiger partial charge in [0.15, 0.2) is 0 Å². The maximum Gasteiger partial charge on any atom is 0.0396 e. The highest BCUT2D eigenvalue weighted by Crippen LogP contribution is 2.27. The van der Waals surface area contributed by atoms with E-state index in [1.165, 1.54) is 62.1 Å². The molecule has 2 N–H and O–H groups in total. The Morgan fingerprint density at radius 1 is 1.25 bits per heavy atom. The van der Waals surface area contributed by atoms with Crippen LogP contribution in [0.4, 0.5) is 5.69 Å².